The third kappa shape index (κ3) is 4.79. The van der Waals surface area contributed by atoms with Crippen LogP contribution in [-0.2, 0) is 0 Å². The molecule has 2 N–H and O–H groups in total. The highest BCUT2D eigenvalue weighted by Gasteiger charge is 2.25. The van der Waals surface area contributed by atoms with Crippen LogP contribution >= 0.6 is 11.6 Å². The van der Waals surface area contributed by atoms with Crippen LogP contribution in [0.25, 0.3) is 0 Å². The van der Waals surface area contributed by atoms with Crippen LogP contribution < -0.4 is 5.73 Å². The maximum Gasteiger partial charge on any atom is 0.0453 e. The average molecular weight is 283 g/mol. The summed E-state index contributed by atoms with van der Waals surface area (Å²) in [5, 5.41) is 0.827. The third-order valence-electron chi connectivity index (χ3n) is 3.66. The summed E-state index contributed by atoms with van der Waals surface area (Å²) in [4.78, 5) is 2.34. The molecular formula is C16H27ClN2. The van der Waals surface area contributed by atoms with Gasteiger partial charge in [-0.15, -0.1) is 0 Å². The van der Waals surface area contributed by atoms with Crippen LogP contribution in [-0.4, -0.2) is 24.5 Å². The minimum absolute atomic E-state index is 0.268. The fourth-order valence-corrected chi connectivity index (χ4v) is 2.74. The first-order valence-electron chi connectivity index (χ1n) is 6.92. The van der Waals surface area contributed by atoms with Gasteiger partial charge < -0.3 is 5.73 Å². The highest BCUT2D eigenvalue weighted by Crippen LogP contribution is 2.30. The fraction of sp³-hybridized carbons (Fsp3) is 0.625. The summed E-state index contributed by atoms with van der Waals surface area (Å²) in [6.45, 7) is 9.62. The van der Waals surface area contributed by atoms with Crippen molar-refractivity contribution in [1.82, 2.24) is 4.90 Å². The first-order valence-corrected chi connectivity index (χ1v) is 7.30. The highest BCUT2D eigenvalue weighted by atomic mass is 35.5. The zero-order valence-corrected chi connectivity index (χ0v) is 13.5. The van der Waals surface area contributed by atoms with E-state index in [0.717, 1.165) is 11.4 Å². The van der Waals surface area contributed by atoms with Crippen molar-refractivity contribution in [3.8, 4) is 0 Å². The Labute approximate surface area is 122 Å². The van der Waals surface area contributed by atoms with E-state index in [0.29, 0.717) is 12.6 Å². The number of nitrogens with two attached hydrogens (primary N) is 1. The van der Waals surface area contributed by atoms with E-state index >= 15 is 0 Å². The molecule has 0 aliphatic carbocycles. The van der Waals surface area contributed by atoms with Crippen molar-refractivity contribution < 1.29 is 0 Å². The van der Waals surface area contributed by atoms with Gasteiger partial charge >= 0.3 is 0 Å². The second kappa shape index (κ2) is 6.74. The molecule has 0 aromatic heterocycles. The lowest BCUT2D eigenvalue weighted by molar-refractivity contribution is 0.144. The van der Waals surface area contributed by atoms with E-state index in [9.17, 15) is 0 Å². The van der Waals surface area contributed by atoms with Gasteiger partial charge in [0.2, 0.25) is 0 Å². The molecule has 1 rings (SSSR count). The molecule has 0 fully saturated rings. The number of rotatable bonds is 5. The fourth-order valence-electron chi connectivity index (χ4n) is 2.45. The number of halogens is 1. The Morgan fingerprint density at radius 2 is 1.84 bits per heavy atom. The van der Waals surface area contributed by atoms with Crippen LogP contribution in [0.4, 0.5) is 0 Å². The van der Waals surface area contributed by atoms with E-state index in [-0.39, 0.29) is 11.5 Å². The first-order chi connectivity index (χ1) is 8.76. The van der Waals surface area contributed by atoms with Crippen LogP contribution in [0.3, 0.4) is 0 Å². The number of nitrogens with zero attached hydrogens (tertiary/aromatic N) is 1. The van der Waals surface area contributed by atoms with Crippen molar-refractivity contribution >= 4 is 11.6 Å². The smallest absolute Gasteiger partial charge is 0.0453 e. The molecule has 3 heteroatoms. The zero-order valence-electron chi connectivity index (χ0n) is 12.8. The molecule has 0 heterocycles. The van der Waals surface area contributed by atoms with Gasteiger partial charge in [0.05, 0.1) is 0 Å². The van der Waals surface area contributed by atoms with E-state index in [1.165, 1.54) is 5.56 Å². The highest BCUT2D eigenvalue weighted by molar-refractivity contribution is 6.31. The standard InChI is InChI=1S/C16H27ClN2/c1-12(14-8-6-7-9-15(14)17)19(5)13(11-18)10-16(2,3)4/h6-9,12-13H,10-11,18H2,1-5H3. The van der Waals surface area contributed by atoms with E-state index in [1.807, 2.05) is 18.2 Å². The molecule has 2 nitrogen and oxygen atoms in total. The van der Waals surface area contributed by atoms with Gasteiger partial charge in [0.25, 0.3) is 0 Å². The Kier molecular flexibility index (Phi) is 5.84. The number of hydrogen-bond donors (Lipinski definition) is 1. The normalized spacial score (nSPS) is 15.6. The van der Waals surface area contributed by atoms with Crippen molar-refractivity contribution in [3.05, 3.63) is 34.9 Å². The molecule has 0 saturated heterocycles. The number of benzene rings is 1. The van der Waals surface area contributed by atoms with Crippen LogP contribution in [0.1, 0.15) is 45.7 Å². The molecule has 0 spiro atoms. The molecule has 19 heavy (non-hydrogen) atoms. The van der Waals surface area contributed by atoms with Gasteiger partial charge in [0.15, 0.2) is 0 Å². The maximum atomic E-state index is 6.29. The average Bonchev–Trinajstić information content (AvgIpc) is 2.34. The van der Waals surface area contributed by atoms with Crippen LogP contribution in [0.15, 0.2) is 24.3 Å². The van der Waals surface area contributed by atoms with Crippen molar-refractivity contribution in [2.45, 2.75) is 46.2 Å². The molecule has 108 valence electrons. The third-order valence-corrected chi connectivity index (χ3v) is 4.01. The predicted octanol–water partition coefficient (Wildman–Crippen LogP) is 4.10. The number of likely N-dealkylation sites (N-methyl/N-ethyl adjacent to an activating group) is 1. The summed E-state index contributed by atoms with van der Waals surface area (Å²) < 4.78 is 0. The lowest BCUT2D eigenvalue weighted by Gasteiger charge is -2.36. The van der Waals surface area contributed by atoms with Gasteiger partial charge in [0, 0.05) is 23.7 Å². The Balaban J connectivity index is 2.86. The Bertz CT molecular complexity index is 398. The maximum absolute atomic E-state index is 6.29. The van der Waals surface area contributed by atoms with E-state index < -0.39 is 0 Å². The molecule has 1 aromatic rings. The summed E-state index contributed by atoms with van der Waals surface area (Å²) in [7, 11) is 2.14. The molecule has 0 saturated carbocycles. The van der Waals surface area contributed by atoms with Crippen molar-refractivity contribution in [3.63, 3.8) is 0 Å². The van der Waals surface area contributed by atoms with Gasteiger partial charge in [-0.2, -0.15) is 0 Å². The largest absolute Gasteiger partial charge is 0.329 e. The molecule has 0 amide bonds. The SMILES string of the molecule is CC(c1ccccc1Cl)N(C)C(CN)CC(C)(C)C. The summed E-state index contributed by atoms with van der Waals surface area (Å²) in [6.07, 6.45) is 1.08. The molecule has 0 aliphatic rings. The lowest BCUT2D eigenvalue weighted by atomic mass is 9.87. The minimum Gasteiger partial charge on any atom is -0.329 e. The van der Waals surface area contributed by atoms with Gasteiger partial charge in [-0.05, 0) is 37.4 Å². The minimum atomic E-state index is 0.268. The second-order valence-corrected chi connectivity index (χ2v) is 6.92. The Morgan fingerprint density at radius 3 is 2.32 bits per heavy atom. The second-order valence-electron chi connectivity index (χ2n) is 6.52. The van der Waals surface area contributed by atoms with Crippen molar-refractivity contribution in [1.29, 1.82) is 0 Å². The molecule has 0 radical (unpaired) electrons. The van der Waals surface area contributed by atoms with Crippen LogP contribution in [0.5, 0.6) is 0 Å². The quantitative estimate of drug-likeness (QED) is 0.881. The van der Waals surface area contributed by atoms with Gasteiger partial charge in [-0.25, -0.2) is 0 Å². The summed E-state index contributed by atoms with van der Waals surface area (Å²) in [5.74, 6) is 0. The first kappa shape index (κ1) is 16.5. The predicted molar refractivity (Wildman–Crippen MR) is 84.5 cm³/mol. The summed E-state index contributed by atoms with van der Waals surface area (Å²) in [5.41, 5.74) is 7.40. The van der Waals surface area contributed by atoms with Crippen molar-refractivity contribution in [2.75, 3.05) is 13.6 Å². The van der Waals surface area contributed by atoms with Gasteiger partial charge in [-0.1, -0.05) is 50.6 Å². The van der Waals surface area contributed by atoms with Gasteiger partial charge in [0.1, 0.15) is 0 Å². The summed E-state index contributed by atoms with van der Waals surface area (Å²) >= 11 is 6.29. The van der Waals surface area contributed by atoms with Crippen LogP contribution in [0.2, 0.25) is 5.02 Å². The van der Waals surface area contributed by atoms with E-state index in [4.69, 9.17) is 17.3 Å². The molecule has 2 atom stereocenters. The Hall–Kier alpha value is -0.570. The van der Waals surface area contributed by atoms with Crippen molar-refractivity contribution in [2.24, 2.45) is 11.1 Å². The monoisotopic (exact) mass is 282 g/mol. The molecule has 0 bridgehead atoms. The zero-order chi connectivity index (χ0) is 14.6. The molecule has 1 aromatic carbocycles. The summed E-state index contributed by atoms with van der Waals surface area (Å²) in [6, 6.07) is 8.67. The molecule has 2 unspecified atom stereocenters. The lowest BCUT2D eigenvalue weighted by Crippen LogP contribution is -2.41. The Morgan fingerprint density at radius 1 is 1.26 bits per heavy atom. The molecule has 0 aliphatic heterocycles. The van der Waals surface area contributed by atoms with Gasteiger partial charge in [-0.3, -0.25) is 4.90 Å². The molecular weight excluding hydrogens is 256 g/mol. The number of hydrogen-bond acceptors (Lipinski definition) is 2. The topological polar surface area (TPSA) is 29.3 Å². The van der Waals surface area contributed by atoms with Crippen LogP contribution in [0, 0.1) is 5.41 Å². The van der Waals surface area contributed by atoms with E-state index in [2.05, 4.69) is 45.7 Å². The van der Waals surface area contributed by atoms with E-state index in [1.54, 1.807) is 0 Å².